The Balaban J connectivity index is 2.01. The zero-order valence-corrected chi connectivity index (χ0v) is 11.4. The summed E-state index contributed by atoms with van der Waals surface area (Å²) < 4.78 is 31.1. The number of fused-ring (bicyclic) bond motifs is 1. The molecule has 2 saturated heterocycles. The standard InChI is InChI=1S/C12H15FN2O6/c1-12(2)20-7-6(4-16)19-10(8(7)21-12)15-3-5(13)9(17)14-11(15)18/h3,6-8,10,16H,4H2,1-2H3,(H,14,17,18)/t6?,7-,8-,10?/m1/s1. The molecule has 0 saturated carbocycles. The maximum Gasteiger partial charge on any atom is 0.330 e. The Bertz CT molecular complexity index is 668. The van der Waals surface area contributed by atoms with Crippen LogP contribution < -0.4 is 11.2 Å². The predicted octanol–water partition coefficient (Wildman–Crippen LogP) is -0.915. The van der Waals surface area contributed by atoms with Crippen molar-refractivity contribution in [3.63, 3.8) is 0 Å². The molecule has 1 aromatic rings. The normalized spacial score (nSPS) is 34.1. The van der Waals surface area contributed by atoms with Gasteiger partial charge in [0.25, 0.3) is 5.56 Å². The van der Waals surface area contributed by atoms with E-state index >= 15 is 0 Å². The van der Waals surface area contributed by atoms with Crippen LogP contribution in [-0.4, -0.2) is 45.4 Å². The second-order valence-corrected chi connectivity index (χ2v) is 5.46. The molecule has 1 aromatic heterocycles. The van der Waals surface area contributed by atoms with E-state index in [2.05, 4.69) is 0 Å². The summed E-state index contributed by atoms with van der Waals surface area (Å²) in [5.41, 5.74) is -1.93. The molecule has 2 N–H and O–H groups in total. The lowest BCUT2D eigenvalue weighted by molar-refractivity contribution is -0.200. The number of aromatic amines is 1. The van der Waals surface area contributed by atoms with Gasteiger partial charge in [-0.2, -0.15) is 4.39 Å². The summed E-state index contributed by atoms with van der Waals surface area (Å²) in [4.78, 5) is 24.8. The van der Waals surface area contributed by atoms with Gasteiger partial charge in [-0.3, -0.25) is 14.3 Å². The van der Waals surface area contributed by atoms with Crippen LogP contribution in [0.25, 0.3) is 0 Å². The number of aliphatic hydroxyl groups is 1. The van der Waals surface area contributed by atoms with Crippen LogP contribution in [0.2, 0.25) is 0 Å². The summed E-state index contributed by atoms with van der Waals surface area (Å²) in [6.07, 6.45) is -2.22. The average molecular weight is 302 g/mol. The number of rotatable bonds is 2. The number of nitrogens with one attached hydrogen (secondary N) is 1. The van der Waals surface area contributed by atoms with Crippen molar-refractivity contribution in [2.75, 3.05) is 6.61 Å². The minimum atomic E-state index is -1.11. The lowest BCUT2D eigenvalue weighted by Crippen LogP contribution is -2.38. The molecule has 0 aromatic carbocycles. The smallest absolute Gasteiger partial charge is 0.330 e. The number of aliphatic hydroxyl groups excluding tert-OH is 1. The highest BCUT2D eigenvalue weighted by Gasteiger charge is 2.55. The van der Waals surface area contributed by atoms with Crippen LogP contribution in [0.15, 0.2) is 15.8 Å². The second kappa shape index (κ2) is 4.73. The monoisotopic (exact) mass is 302 g/mol. The number of hydrogen-bond donors (Lipinski definition) is 2. The molecule has 9 heteroatoms. The Morgan fingerprint density at radius 1 is 1.38 bits per heavy atom. The average Bonchev–Trinajstić information content (AvgIpc) is 2.87. The number of hydrogen-bond acceptors (Lipinski definition) is 6. The number of H-pyrrole nitrogens is 1. The second-order valence-electron chi connectivity index (χ2n) is 5.46. The quantitative estimate of drug-likeness (QED) is 0.733. The summed E-state index contributed by atoms with van der Waals surface area (Å²) in [6.45, 7) is 3.04. The van der Waals surface area contributed by atoms with Gasteiger partial charge in [-0.1, -0.05) is 0 Å². The topological polar surface area (TPSA) is 103 Å². The van der Waals surface area contributed by atoms with Crippen molar-refractivity contribution in [3.05, 3.63) is 32.9 Å². The highest BCUT2D eigenvalue weighted by atomic mass is 19.1. The van der Waals surface area contributed by atoms with Gasteiger partial charge in [0.1, 0.15) is 18.3 Å². The van der Waals surface area contributed by atoms with E-state index < -0.39 is 47.4 Å². The summed E-state index contributed by atoms with van der Waals surface area (Å²) in [5.74, 6) is -2.02. The van der Waals surface area contributed by atoms with Crippen LogP contribution in [0.3, 0.4) is 0 Å². The van der Waals surface area contributed by atoms with E-state index in [1.165, 1.54) is 0 Å². The predicted molar refractivity (Wildman–Crippen MR) is 66.1 cm³/mol. The highest BCUT2D eigenvalue weighted by Crippen LogP contribution is 2.42. The minimum absolute atomic E-state index is 0.336. The SMILES string of the molecule is CC1(C)O[C@@H]2C(CO)OC(n3cc(F)c(=O)[nH]c3=O)[C@@H]2O1. The molecule has 116 valence electrons. The fourth-order valence-corrected chi connectivity index (χ4v) is 2.68. The molecule has 0 amide bonds. The maximum absolute atomic E-state index is 13.4. The molecule has 3 heterocycles. The minimum Gasteiger partial charge on any atom is -0.394 e. The molecule has 3 rings (SSSR count). The zero-order chi connectivity index (χ0) is 15.4. The van der Waals surface area contributed by atoms with Crippen molar-refractivity contribution in [3.8, 4) is 0 Å². The molecule has 0 bridgehead atoms. The van der Waals surface area contributed by atoms with E-state index in [9.17, 15) is 19.1 Å². The summed E-state index contributed by atoms with van der Waals surface area (Å²) in [6, 6.07) is 0. The van der Waals surface area contributed by atoms with Gasteiger partial charge in [-0.05, 0) is 13.8 Å². The lowest BCUT2D eigenvalue weighted by Gasteiger charge is -2.24. The van der Waals surface area contributed by atoms with Gasteiger partial charge >= 0.3 is 5.69 Å². The number of aromatic nitrogens is 2. The third kappa shape index (κ3) is 2.31. The van der Waals surface area contributed by atoms with E-state index in [1.807, 2.05) is 4.98 Å². The molecule has 2 unspecified atom stereocenters. The third-order valence-corrected chi connectivity index (χ3v) is 3.50. The van der Waals surface area contributed by atoms with Crippen LogP contribution in [-0.2, 0) is 14.2 Å². The van der Waals surface area contributed by atoms with Crippen molar-refractivity contribution in [1.82, 2.24) is 9.55 Å². The van der Waals surface area contributed by atoms with Crippen LogP contribution in [0, 0.1) is 5.82 Å². The van der Waals surface area contributed by atoms with E-state index in [4.69, 9.17) is 14.2 Å². The van der Waals surface area contributed by atoms with Crippen molar-refractivity contribution in [2.24, 2.45) is 0 Å². The van der Waals surface area contributed by atoms with Crippen molar-refractivity contribution in [2.45, 2.75) is 44.2 Å². The zero-order valence-electron chi connectivity index (χ0n) is 11.4. The first kappa shape index (κ1) is 14.4. The molecule has 2 aliphatic rings. The molecule has 4 atom stereocenters. The Hall–Kier alpha value is -1.55. The van der Waals surface area contributed by atoms with Gasteiger partial charge in [-0.25, -0.2) is 4.79 Å². The number of ether oxygens (including phenoxy) is 3. The van der Waals surface area contributed by atoms with E-state index in [-0.39, 0.29) is 6.61 Å². The fraction of sp³-hybridized carbons (Fsp3) is 0.667. The largest absolute Gasteiger partial charge is 0.394 e. The van der Waals surface area contributed by atoms with Gasteiger partial charge < -0.3 is 19.3 Å². The van der Waals surface area contributed by atoms with E-state index in [0.29, 0.717) is 0 Å². The Morgan fingerprint density at radius 2 is 2.05 bits per heavy atom. The first-order chi connectivity index (χ1) is 9.82. The summed E-state index contributed by atoms with van der Waals surface area (Å²) >= 11 is 0. The van der Waals surface area contributed by atoms with Crippen LogP contribution in [0.1, 0.15) is 20.1 Å². The van der Waals surface area contributed by atoms with Gasteiger partial charge in [0.2, 0.25) is 5.82 Å². The molecule has 2 fully saturated rings. The van der Waals surface area contributed by atoms with Gasteiger partial charge in [0, 0.05) is 0 Å². The Labute approximate surface area is 118 Å². The molecular formula is C12H15FN2O6. The molecule has 2 aliphatic heterocycles. The molecule has 0 radical (unpaired) electrons. The summed E-state index contributed by atoms with van der Waals surface area (Å²) in [5, 5.41) is 9.34. The van der Waals surface area contributed by atoms with E-state index in [0.717, 1.165) is 10.8 Å². The molecule has 0 aliphatic carbocycles. The molecule has 21 heavy (non-hydrogen) atoms. The Kier molecular flexibility index (Phi) is 3.24. The van der Waals surface area contributed by atoms with Crippen LogP contribution in [0.5, 0.6) is 0 Å². The van der Waals surface area contributed by atoms with Crippen LogP contribution in [0.4, 0.5) is 4.39 Å². The van der Waals surface area contributed by atoms with Gasteiger partial charge in [0.05, 0.1) is 12.8 Å². The van der Waals surface area contributed by atoms with E-state index in [1.54, 1.807) is 13.8 Å². The first-order valence-corrected chi connectivity index (χ1v) is 6.45. The number of halogens is 1. The van der Waals surface area contributed by atoms with Gasteiger partial charge in [0.15, 0.2) is 12.0 Å². The van der Waals surface area contributed by atoms with Crippen molar-refractivity contribution in [1.29, 1.82) is 0 Å². The first-order valence-electron chi connectivity index (χ1n) is 6.45. The molecule has 0 spiro atoms. The number of nitrogens with zero attached hydrogens (tertiary/aromatic N) is 1. The molecule has 8 nitrogen and oxygen atoms in total. The molecular weight excluding hydrogens is 287 g/mol. The Morgan fingerprint density at radius 3 is 2.71 bits per heavy atom. The summed E-state index contributed by atoms with van der Waals surface area (Å²) in [7, 11) is 0. The van der Waals surface area contributed by atoms with Crippen LogP contribution >= 0.6 is 0 Å². The van der Waals surface area contributed by atoms with Crippen molar-refractivity contribution < 1.29 is 23.7 Å². The maximum atomic E-state index is 13.4. The highest BCUT2D eigenvalue weighted by molar-refractivity contribution is 4.99. The third-order valence-electron chi connectivity index (χ3n) is 3.50. The van der Waals surface area contributed by atoms with Gasteiger partial charge in [-0.15, -0.1) is 0 Å². The van der Waals surface area contributed by atoms with Crippen molar-refractivity contribution >= 4 is 0 Å². The lowest BCUT2D eigenvalue weighted by atomic mass is 10.1. The fourth-order valence-electron chi connectivity index (χ4n) is 2.68.